The molecule has 0 unspecified atom stereocenters. The van der Waals surface area contributed by atoms with Crippen LogP contribution < -0.4 is 0 Å². The van der Waals surface area contributed by atoms with Crippen LogP contribution in [0, 0.1) is 13.8 Å². The molecule has 0 heterocycles. The molecule has 3 rings (SSSR count). The quantitative estimate of drug-likeness (QED) is 0.421. The van der Waals surface area contributed by atoms with Crippen molar-refractivity contribution in [3.8, 4) is 0 Å². The molecule has 2 heteroatoms. The summed E-state index contributed by atoms with van der Waals surface area (Å²) in [6, 6.07) is 13.4. The first-order valence-electron chi connectivity index (χ1n) is 5.84. The Balaban J connectivity index is 2.43. The first-order chi connectivity index (χ1) is 8.54. The fourth-order valence-electron chi connectivity index (χ4n) is 2.27. The second-order valence-corrected chi connectivity index (χ2v) is 6.46. The summed E-state index contributed by atoms with van der Waals surface area (Å²) in [6.45, 7) is 4.25. The Morgan fingerprint density at radius 3 is 1.28 bits per heavy atom. The van der Waals surface area contributed by atoms with Gasteiger partial charge in [0.1, 0.15) is 0 Å². The van der Waals surface area contributed by atoms with Crippen LogP contribution in [0.4, 0.5) is 0 Å². The van der Waals surface area contributed by atoms with Crippen LogP contribution in [0.25, 0.3) is 21.5 Å². The number of aryl methyl sites for hydroxylation is 2. The van der Waals surface area contributed by atoms with Crippen LogP contribution in [0.5, 0.6) is 0 Å². The van der Waals surface area contributed by atoms with Crippen LogP contribution >= 0.6 is 31.9 Å². The van der Waals surface area contributed by atoms with Gasteiger partial charge < -0.3 is 0 Å². The standard InChI is InChI=1S/C16H12Br2/c1-9-3-11-5-14-8-16(18)10(2)4-12(14)6-13(11)7-15(9)17/h3-8H,1-2H3. The van der Waals surface area contributed by atoms with Gasteiger partial charge >= 0.3 is 0 Å². The summed E-state index contributed by atoms with van der Waals surface area (Å²) in [5.41, 5.74) is 2.54. The summed E-state index contributed by atoms with van der Waals surface area (Å²) in [4.78, 5) is 0. The molecular weight excluding hydrogens is 352 g/mol. The van der Waals surface area contributed by atoms with E-state index in [9.17, 15) is 0 Å². The van der Waals surface area contributed by atoms with Gasteiger partial charge in [0, 0.05) is 8.95 Å². The van der Waals surface area contributed by atoms with Crippen molar-refractivity contribution in [1.29, 1.82) is 0 Å². The highest BCUT2D eigenvalue weighted by molar-refractivity contribution is 9.10. The lowest BCUT2D eigenvalue weighted by Gasteiger charge is -2.07. The normalized spacial score (nSPS) is 11.3. The van der Waals surface area contributed by atoms with E-state index in [1.54, 1.807) is 0 Å². The van der Waals surface area contributed by atoms with E-state index in [-0.39, 0.29) is 0 Å². The first-order valence-corrected chi connectivity index (χ1v) is 7.43. The lowest BCUT2D eigenvalue weighted by Crippen LogP contribution is -1.82. The van der Waals surface area contributed by atoms with E-state index in [1.807, 2.05) is 0 Å². The summed E-state index contributed by atoms with van der Waals surface area (Å²) >= 11 is 7.20. The van der Waals surface area contributed by atoms with Gasteiger partial charge in [-0.2, -0.15) is 0 Å². The van der Waals surface area contributed by atoms with Crippen LogP contribution in [0.15, 0.2) is 45.3 Å². The molecule has 18 heavy (non-hydrogen) atoms. The molecule has 3 aromatic rings. The van der Waals surface area contributed by atoms with E-state index in [0.29, 0.717) is 0 Å². The molecule has 0 amide bonds. The van der Waals surface area contributed by atoms with E-state index in [1.165, 1.54) is 41.6 Å². The minimum Gasteiger partial charge on any atom is -0.0505 e. The minimum absolute atomic E-state index is 1.17. The molecule has 0 atom stereocenters. The van der Waals surface area contributed by atoms with Crippen LogP contribution in [-0.4, -0.2) is 0 Å². The van der Waals surface area contributed by atoms with Gasteiger partial charge in [-0.3, -0.25) is 0 Å². The van der Waals surface area contributed by atoms with Gasteiger partial charge in [-0.05, 0) is 70.8 Å². The highest BCUT2D eigenvalue weighted by Gasteiger charge is 2.04. The van der Waals surface area contributed by atoms with Gasteiger partial charge in [0.05, 0.1) is 0 Å². The van der Waals surface area contributed by atoms with Gasteiger partial charge in [-0.1, -0.05) is 44.0 Å². The van der Waals surface area contributed by atoms with Crippen molar-refractivity contribution >= 4 is 53.4 Å². The molecule has 0 radical (unpaired) electrons. The molecule has 0 fully saturated rings. The van der Waals surface area contributed by atoms with E-state index >= 15 is 0 Å². The number of halogens is 2. The summed E-state index contributed by atoms with van der Waals surface area (Å²) in [7, 11) is 0. The highest BCUT2D eigenvalue weighted by atomic mass is 79.9. The third-order valence-electron chi connectivity index (χ3n) is 3.35. The molecule has 3 aromatic carbocycles. The molecule has 0 aliphatic rings. The molecule has 0 aliphatic heterocycles. The maximum atomic E-state index is 3.60. The molecule has 0 spiro atoms. The smallest absolute Gasteiger partial charge is 0.0210 e. The van der Waals surface area contributed by atoms with E-state index < -0.39 is 0 Å². The van der Waals surface area contributed by atoms with E-state index in [4.69, 9.17) is 0 Å². The summed E-state index contributed by atoms with van der Waals surface area (Å²) in [6.07, 6.45) is 0. The molecule has 90 valence electrons. The van der Waals surface area contributed by atoms with E-state index in [0.717, 1.165) is 0 Å². The lowest BCUT2D eigenvalue weighted by atomic mass is 10.0. The lowest BCUT2D eigenvalue weighted by molar-refractivity contribution is 1.45. The summed E-state index contributed by atoms with van der Waals surface area (Å²) in [5, 5.41) is 5.14. The zero-order valence-corrected chi connectivity index (χ0v) is 13.4. The second kappa shape index (κ2) is 4.36. The zero-order chi connectivity index (χ0) is 12.9. The van der Waals surface area contributed by atoms with Crippen molar-refractivity contribution in [2.75, 3.05) is 0 Å². The Hall–Kier alpha value is -0.860. The maximum absolute atomic E-state index is 3.60. The largest absolute Gasteiger partial charge is 0.0505 e. The number of fused-ring (bicyclic) bond motifs is 2. The molecule has 0 aromatic heterocycles. The molecule has 0 aliphatic carbocycles. The fourth-order valence-corrected chi connectivity index (χ4v) is 3.00. The molecule has 0 N–H and O–H groups in total. The number of hydrogen-bond acceptors (Lipinski definition) is 0. The monoisotopic (exact) mass is 362 g/mol. The van der Waals surface area contributed by atoms with Crippen molar-refractivity contribution in [2.45, 2.75) is 13.8 Å². The summed E-state index contributed by atoms with van der Waals surface area (Å²) < 4.78 is 2.34. The topological polar surface area (TPSA) is 0 Å². The summed E-state index contributed by atoms with van der Waals surface area (Å²) in [5.74, 6) is 0. The van der Waals surface area contributed by atoms with Crippen LogP contribution in [0.2, 0.25) is 0 Å². The molecule has 0 nitrogen and oxygen atoms in total. The van der Waals surface area contributed by atoms with Crippen molar-refractivity contribution < 1.29 is 0 Å². The van der Waals surface area contributed by atoms with Crippen molar-refractivity contribution in [3.63, 3.8) is 0 Å². The molecule has 0 bridgehead atoms. The predicted molar refractivity (Wildman–Crippen MR) is 86.3 cm³/mol. The second-order valence-electron chi connectivity index (χ2n) is 4.75. The Morgan fingerprint density at radius 2 is 0.889 bits per heavy atom. The number of hydrogen-bond donors (Lipinski definition) is 0. The van der Waals surface area contributed by atoms with Crippen molar-refractivity contribution in [1.82, 2.24) is 0 Å². The Bertz CT molecular complexity index is 644. The Morgan fingerprint density at radius 1 is 0.556 bits per heavy atom. The predicted octanol–water partition coefficient (Wildman–Crippen LogP) is 6.13. The van der Waals surface area contributed by atoms with E-state index in [2.05, 4.69) is 82.1 Å². The van der Waals surface area contributed by atoms with Gasteiger partial charge in [-0.15, -0.1) is 0 Å². The van der Waals surface area contributed by atoms with Gasteiger partial charge in [0.2, 0.25) is 0 Å². The molecule has 0 saturated heterocycles. The van der Waals surface area contributed by atoms with Gasteiger partial charge in [0.25, 0.3) is 0 Å². The SMILES string of the molecule is Cc1cc2cc3cc(Br)c(C)cc3cc2cc1Br. The van der Waals surface area contributed by atoms with Crippen LogP contribution in [0.1, 0.15) is 11.1 Å². The minimum atomic E-state index is 1.17. The third kappa shape index (κ3) is 1.98. The first kappa shape index (κ1) is 12.2. The molecule has 0 saturated carbocycles. The Kier molecular flexibility index (Phi) is 2.95. The average Bonchev–Trinajstić information content (AvgIpc) is 2.31. The number of rotatable bonds is 0. The third-order valence-corrected chi connectivity index (χ3v) is 5.06. The van der Waals surface area contributed by atoms with Crippen LogP contribution in [-0.2, 0) is 0 Å². The average molecular weight is 364 g/mol. The van der Waals surface area contributed by atoms with Gasteiger partial charge in [-0.25, -0.2) is 0 Å². The van der Waals surface area contributed by atoms with Gasteiger partial charge in [0.15, 0.2) is 0 Å². The highest BCUT2D eigenvalue weighted by Crippen LogP contribution is 2.30. The number of benzene rings is 3. The fraction of sp³-hybridized carbons (Fsp3) is 0.125. The Labute approximate surface area is 123 Å². The zero-order valence-electron chi connectivity index (χ0n) is 10.2. The van der Waals surface area contributed by atoms with Crippen LogP contribution in [0.3, 0.4) is 0 Å². The van der Waals surface area contributed by atoms with Crippen molar-refractivity contribution in [3.05, 3.63) is 56.5 Å². The maximum Gasteiger partial charge on any atom is 0.0210 e. The van der Waals surface area contributed by atoms with Crippen molar-refractivity contribution in [2.24, 2.45) is 0 Å². The molecular formula is C16H12Br2.